The minimum absolute atomic E-state index is 0.0982. The summed E-state index contributed by atoms with van der Waals surface area (Å²) >= 11 is 0. The van der Waals surface area contributed by atoms with Crippen molar-refractivity contribution in [1.82, 2.24) is 0 Å². The van der Waals surface area contributed by atoms with Gasteiger partial charge in [0.1, 0.15) is 5.60 Å². The molecule has 1 aliphatic rings. The van der Waals surface area contributed by atoms with Crippen molar-refractivity contribution in [2.24, 2.45) is 0 Å². The van der Waals surface area contributed by atoms with Gasteiger partial charge in [-0.2, -0.15) is 0 Å². The summed E-state index contributed by atoms with van der Waals surface area (Å²) in [5.74, 6) is -0.792. The molecule has 6 heteroatoms. The van der Waals surface area contributed by atoms with Gasteiger partial charge < -0.3 is 19.0 Å². The molecule has 0 saturated carbocycles. The van der Waals surface area contributed by atoms with Gasteiger partial charge in [0, 0.05) is 11.6 Å². The summed E-state index contributed by atoms with van der Waals surface area (Å²) < 4.78 is 16.8. The van der Waals surface area contributed by atoms with Crippen LogP contribution < -0.4 is 14.9 Å². The number of hydrogen-bond donors (Lipinski definition) is 1. The maximum atomic E-state index is 12.3. The van der Waals surface area contributed by atoms with E-state index in [0.29, 0.717) is 11.1 Å². The van der Waals surface area contributed by atoms with Gasteiger partial charge in [-0.1, -0.05) is 6.92 Å². The highest BCUT2D eigenvalue weighted by atomic mass is 16.5. The quantitative estimate of drug-likeness (QED) is 0.915. The van der Waals surface area contributed by atoms with Gasteiger partial charge in [0.15, 0.2) is 16.8 Å². The van der Waals surface area contributed by atoms with Crippen LogP contribution in [0.2, 0.25) is 0 Å². The van der Waals surface area contributed by atoms with Gasteiger partial charge in [-0.05, 0) is 32.3 Å². The summed E-state index contributed by atoms with van der Waals surface area (Å²) in [6, 6.07) is 2.69. The van der Waals surface area contributed by atoms with Crippen LogP contribution in [-0.4, -0.2) is 23.8 Å². The van der Waals surface area contributed by atoms with Gasteiger partial charge in [0.2, 0.25) is 11.5 Å². The van der Waals surface area contributed by atoms with E-state index in [0.717, 1.165) is 18.1 Å². The Balaban J connectivity index is 2.40. The first kappa shape index (κ1) is 15.4. The summed E-state index contributed by atoms with van der Waals surface area (Å²) in [7, 11) is 1.44. The van der Waals surface area contributed by atoms with Crippen molar-refractivity contribution in [3.05, 3.63) is 33.7 Å². The molecule has 1 aliphatic heterocycles. The number of carbonyl (C=O) groups is 1. The lowest BCUT2D eigenvalue weighted by atomic mass is 9.85. The molecule has 0 aliphatic carbocycles. The molecule has 1 aromatic heterocycles. The van der Waals surface area contributed by atoms with E-state index in [9.17, 15) is 9.59 Å². The number of aromatic carboxylic acids is 1. The fourth-order valence-electron chi connectivity index (χ4n) is 3.19. The number of carboxylic acid groups (broad SMARTS) is 1. The van der Waals surface area contributed by atoms with E-state index >= 15 is 0 Å². The lowest BCUT2D eigenvalue weighted by molar-refractivity contribution is 0.0656. The van der Waals surface area contributed by atoms with Crippen molar-refractivity contribution < 1.29 is 23.8 Å². The second-order valence-corrected chi connectivity index (χ2v) is 6.45. The Morgan fingerprint density at radius 1 is 1.39 bits per heavy atom. The topological polar surface area (TPSA) is 86.0 Å². The standard InChI is InChI=1S/C17H18O6/c1-8-7-17(2,3)23-14-9(8)5-10-11(18)6-12(16(19)20)22-13(10)15(14)21-4/h5-6,8H,7H2,1-4H3,(H,19,20). The first-order valence-electron chi connectivity index (χ1n) is 7.34. The molecule has 0 amide bonds. The minimum Gasteiger partial charge on any atom is -0.490 e. The van der Waals surface area contributed by atoms with Crippen LogP contribution in [0, 0.1) is 0 Å². The zero-order chi connectivity index (χ0) is 16.9. The Morgan fingerprint density at radius 2 is 2.09 bits per heavy atom. The molecule has 0 spiro atoms. The summed E-state index contributed by atoms with van der Waals surface area (Å²) in [6.45, 7) is 6.00. The lowest BCUT2D eigenvalue weighted by Gasteiger charge is -2.37. The van der Waals surface area contributed by atoms with Crippen LogP contribution in [0.3, 0.4) is 0 Å². The Hall–Kier alpha value is -2.50. The van der Waals surface area contributed by atoms with Gasteiger partial charge in [0.25, 0.3) is 0 Å². The van der Waals surface area contributed by atoms with E-state index < -0.39 is 22.8 Å². The van der Waals surface area contributed by atoms with Crippen molar-refractivity contribution in [2.75, 3.05) is 7.11 Å². The van der Waals surface area contributed by atoms with E-state index in [4.69, 9.17) is 19.0 Å². The van der Waals surface area contributed by atoms with E-state index in [1.807, 2.05) is 13.8 Å². The third-order valence-corrected chi connectivity index (χ3v) is 4.08. The van der Waals surface area contributed by atoms with E-state index in [2.05, 4.69) is 6.92 Å². The molecule has 1 N–H and O–H groups in total. The zero-order valence-electron chi connectivity index (χ0n) is 13.4. The van der Waals surface area contributed by atoms with Crippen molar-refractivity contribution in [3.63, 3.8) is 0 Å². The summed E-state index contributed by atoms with van der Waals surface area (Å²) in [4.78, 5) is 23.4. The van der Waals surface area contributed by atoms with Gasteiger partial charge in [0.05, 0.1) is 12.5 Å². The Kier molecular flexibility index (Phi) is 3.35. The van der Waals surface area contributed by atoms with E-state index in [1.165, 1.54) is 7.11 Å². The highest BCUT2D eigenvalue weighted by molar-refractivity contribution is 5.91. The maximum Gasteiger partial charge on any atom is 0.371 e. The third kappa shape index (κ3) is 2.44. The zero-order valence-corrected chi connectivity index (χ0v) is 13.4. The predicted octanol–water partition coefficient (Wildman–Crippen LogP) is 3.16. The predicted molar refractivity (Wildman–Crippen MR) is 83.7 cm³/mol. The molecule has 6 nitrogen and oxygen atoms in total. The number of fused-ring (bicyclic) bond motifs is 2. The smallest absolute Gasteiger partial charge is 0.371 e. The van der Waals surface area contributed by atoms with Crippen molar-refractivity contribution in [1.29, 1.82) is 0 Å². The van der Waals surface area contributed by atoms with E-state index in [1.54, 1.807) is 6.07 Å². The fourth-order valence-corrected chi connectivity index (χ4v) is 3.19. The van der Waals surface area contributed by atoms with Crippen LogP contribution in [0.5, 0.6) is 11.5 Å². The number of hydrogen-bond acceptors (Lipinski definition) is 5. The number of carboxylic acids is 1. The van der Waals surface area contributed by atoms with Crippen LogP contribution in [-0.2, 0) is 0 Å². The average Bonchev–Trinajstić information content (AvgIpc) is 2.44. The summed E-state index contributed by atoms with van der Waals surface area (Å²) in [6.07, 6.45) is 0.799. The van der Waals surface area contributed by atoms with Crippen molar-refractivity contribution in [3.8, 4) is 11.5 Å². The first-order chi connectivity index (χ1) is 10.7. The second-order valence-electron chi connectivity index (χ2n) is 6.45. The van der Waals surface area contributed by atoms with Crippen LogP contribution in [0.15, 0.2) is 21.3 Å². The number of benzene rings is 1. The average molecular weight is 318 g/mol. The monoisotopic (exact) mass is 318 g/mol. The molecule has 1 atom stereocenters. The maximum absolute atomic E-state index is 12.3. The largest absolute Gasteiger partial charge is 0.490 e. The molecule has 1 unspecified atom stereocenters. The molecule has 2 aromatic rings. The van der Waals surface area contributed by atoms with Gasteiger partial charge in [-0.3, -0.25) is 4.79 Å². The highest BCUT2D eigenvalue weighted by Gasteiger charge is 2.35. The lowest BCUT2D eigenvalue weighted by Crippen LogP contribution is -2.34. The molecule has 23 heavy (non-hydrogen) atoms. The van der Waals surface area contributed by atoms with E-state index in [-0.39, 0.29) is 17.3 Å². The van der Waals surface area contributed by atoms with Gasteiger partial charge in [-0.15, -0.1) is 0 Å². The normalized spacial score (nSPS) is 19.0. The molecular formula is C17H18O6. The van der Waals surface area contributed by atoms with Gasteiger partial charge in [-0.25, -0.2) is 4.79 Å². The molecule has 1 aromatic carbocycles. The summed E-state index contributed by atoms with van der Waals surface area (Å²) in [5, 5.41) is 9.38. The first-order valence-corrected chi connectivity index (χ1v) is 7.34. The van der Waals surface area contributed by atoms with Crippen molar-refractivity contribution in [2.45, 2.75) is 38.7 Å². The molecule has 0 fully saturated rings. The Bertz CT molecular complexity index is 861. The summed E-state index contributed by atoms with van der Waals surface area (Å²) in [5.41, 5.74) is 0.157. The number of rotatable bonds is 2. The number of methoxy groups -OCH3 is 1. The molecular weight excluding hydrogens is 300 g/mol. The fraction of sp³-hybridized carbons (Fsp3) is 0.412. The van der Waals surface area contributed by atoms with Crippen LogP contribution >= 0.6 is 0 Å². The second kappa shape index (κ2) is 5.01. The van der Waals surface area contributed by atoms with Crippen LogP contribution in [0.1, 0.15) is 49.2 Å². The third-order valence-electron chi connectivity index (χ3n) is 4.08. The SMILES string of the molecule is COc1c2c(cc3c(=O)cc(C(=O)O)oc13)C(C)CC(C)(C)O2. The molecule has 3 rings (SSSR count). The molecule has 2 heterocycles. The van der Waals surface area contributed by atoms with Crippen LogP contribution in [0.4, 0.5) is 0 Å². The van der Waals surface area contributed by atoms with Gasteiger partial charge >= 0.3 is 5.97 Å². The minimum atomic E-state index is -1.31. The van der Waals surface area contributed by atoms with Crippen LogP contribution in [0.25, 0.3) is 11.0 Å². The molecule has 122 valence electrons. The highest BCUT2D eigenvalue weighted by Crippen LogP contribution is 2.48. The molecule has 0 radical (unpaired) electrons. The molecule has 0 saturated heterocycles. The van der Waals surface area contributed by atoms with Crippen molar-refractivity contribution >= 4 is 16.9 Å². The Morgan fingerprint density at radius 3 is 2.70 bits per heavy atom. The number of ether oxygens (including phenoxy) is 2. The Labute approximate surface area is 132 Å². The molecule has 0 bridgehead atoms.